The third kappa shape index (κ3) is 11.6. The van der Waals surface area contributed by atoms with Crippen molar-refractivity contribution >= 4 is 29.3 Å². The molecule has 6 heteroatoms. The third-order valence-corrected chi connectivity index (χ3v) is 7.62. The van der Waals surface area contributed by atoms with Gasteiger partial charge in [-0.25, -0.2) is 0 Å². The Morgan fingerprint density at radius 2 is 1.67 bits per heavy atom. The molecule has 0 aliphatic rings. The fraction of sp³-hybridized carbons (Fsp3) is 0.533. The Morgan fingerprint density at radius 3 is 2.33 bits per heavy atom. The lowest BCUT2D eigenvalue weighted by molar-refractivity contribution is -0.140. The van der Waals surface area contributed by atoms with E-state index < -0.39 is 6.10 Å². The molecule has 198 valence electrons. The molecule has 0 spiro atoms. The maximum absolute atomic E-state index is 11.5. The minimum Gasteiger partial charge on any atom is -0.469 e. The van der Waals surface area contributed by atoms with Gasteiger partial charge in [0.1, 0.15) is 0 Å². The van der Waals surface area contributed by atoms with E-state index in [0.29, 0.717) is 19.3 Å². The summed E-state index contributed by atoms with van der Waals surface area (Å²) in [6.45, 7) is 3.73. The van der Waals surface area contributed by atoms with Crippen molar-refractivity contribution in [1.29, 1.82) is 0 Å². The van der Waals surface area contributed by atoms with E-state index in [1.807, 2.05) is 24.3 Å². The lowest BCUT2D eigenvalue weighted by Gasteiger charge is -2.24. The van der Waals surface area contributed by atoms with Crippen LogP contribution in [0.3, 0.4) is 0 Å². The van der Waals surface area contributed by atoms with Crippen molar-refractivity contribution in [2.24, 2.45) is 0 Å². The minimum absolute atomic E-state index is 0.118. The molecule has 0 bridgehead atoms. The molecular weight excluding hydrogens is 470 g/mol. The largest absolute Gasteiger partial charge is 0.469 e. The molecule has 0 heterocycles. The number of methoxy groups -OCH3 is 1. The molecule has 2 aromatic rings. The number of hydrogen-bond acceptors (Lipinski definition) is 5. The number of carbonyl (C=O) groups excluding carboxylic acids is 2. The predicted octanol–water partition coefficient (Wildman–Crippen LogP) is 7.48. The molecule has 1 amide bonds. The monoisotopic (exact) mass is 513 g/mol. The van der Waals surface area contributed by atoms with Crippen LogP contribution < -0.4 is 5.32 Å². The summed E-state index contributed by atoms with van der Waals surface area (Å²) < 4.78 is 4.74. The summed E-state index contributed by atoms with van der Waals surface area (Å²) in [5.74, 6) is -0.378. The van der Waals surface area contributed by atoms with Gasteiger partial charge in [-0.05, 0) is 55.0 Å². The highest BCUT2D eigenvalue weighted by atomic mass is 32.2. The normalized spacial score (nSPS) is 12.7. The number of anilines is 1. The third-order valence-electron chi connectivity index (χ3n) is 6.25. The second kappa shape index (κ2) is 17.2. The first-order valence-corrected chi connectivity index (χ1v) is 14.2. The fourth-order valence-corrected chi connectivity index (χ4v) is 5.47. The summed E-state index contributed by atoms with van der Waals surface area (Å²) in [7, 11) is 1.38. The van der Waals surface area contributed by atoms with Gasteiger partial charge in [0.05, 0.1) is 18.5 Å². The van der Waals surface area contributed by atoms with Gasteiger partial charge in [0.2, 0.25) is 5.91 Å². The molecule has 0 aromatic heterocycles. The molecular formula is C30H43NO4S. The van der Waals surface area contributed by atoms with Gasteiger partial charge in [-0.3, -0.25) is 9.59 Å². The summed E-state index contributed by atoms with van der Waals surface area (Å²) in [5.41, 5.74) is 3.11. The van der Waals surface area contributed by atoms with E-state index in [1.54, 1.807) is 11.8 Å². The second-order valence-corrected chi connectivity index (χ2v) is 10.6. The van der Waals surface area contributed by atoms with Crippen LogP contribution in [-0.2, 0) is 20.7 Å². The van der Waals surface area contributed by atoms with Crippen molar-refractivity contribution in [3.8, 4) is 0 Å². The number of amides is 1. The van der Waals surface area contributed by atoms with E-state index in [2.05, 4.69) is 36.5 Å². The van der Waals surface area contributed by atoms with Gasteiger partial charge in [-0.15, -0.1) is 11.8 Å². The maximum Gasteiger partial charge on any atom is 0.305 e. The van der Waals surface area contributed by atoms with Crippen LogP contribution in [0.2, 0.25) is 0 Å². The van der Waals surface area contributed by atoms with E-state index in [-0.39, 0.29) is 17.1 Å². The van der Waals surface area contributed by atoms with E-state index in [4.69, 9.17) is 4.74 Å². The van der Waals surface area contributed by atoms with Crippen molar-refractivity contribution in [3.63, 3.8) is 0 Å². The molecule has 2 N–H and O–H groups in total. The number of aliphatic hydroxyl groups excluding tert-OH is 1. The van der Waals surface area contributed by atoms with Crippen LogP contribution in [0.25, 0.3) is 0 Å². The lowest BCUT2D eigenvalue weighted by Crippen LogP contribution is -2.17. The van der Waals surface area contributed by atoms with Crippen molar-refractivity contribution in [1.82, 2.24) is 0 Å². The average molecular weight is 514 g/mol. The van der Waals surface area contributed by atoms with Crippen LogP contribution in [0.15, 0.2) is 53.4 Å². The van der Waals surface area contributed by atoms with Crippen molar-refractivity contribution < 1.29 is 19.4 Å². The van der Waals surface area contributed by atoms with E-state index >= 15 is 0 Å². The number of carbonyl (C=O) groups is 2. The Balaban J connectivity index is 2.04. The number of nitrogens with one attached hydrogen (secondary N) is 1. The van der Waals surface area contributed by atoms with Gasteiger partial charge in [0, 0.05) is 23.9 Å². The van der Waals surface area contributed by atoms with Crippen LogP contribution in [0, 0.1) is 0 Å². The molecule has 2 atom stereocenters. The highest BCUT2D eigenvalue weighted by molar-refractivity contribution is 7.99. The van der Waals surface area contributed by atoms with Crippen LogP contribution in [-0.4, -0.2) is 30.2 Å². The molecule has 0 saturated carbocycles. The maximum atomic E-state index is 11.5. The van der Waals surface area contributed by atoms with Crippen molar-refractivity contribution in [2.45, 2.75) is 101 Å². The zero-order chi connectivity index (χ0) is 26.2. The van der Waals surface area contributed by atoms with Gasteiger partial charge in [0.15, 0.2) is 0 Å². The number of benzene rings is 2. The SMILES string of the molecule is CCCCCCCCCc1ccc(C(Sc2cccc(NC(C)=O)c2)C(O)CCCC(=O)OC)cc1. The number of hydrogen-bond donors (Lipinski definition) is 2. The number of unbranched alkanes of at least 4 members (excludes halogenated alkanes) is 6. The Kier molecular flexibility index (Phi) is 14.3. The summed E-state index contributed by atoms with van der Waals surface area (Å²) >= 11 is 1.57. The van der Waals surface area contributed by atoms with Crippen molar-refractivity contribution in [2.75, 3.05) is 12.4 Å². The van der Waals surface area contributed by atoms with Crippen LogP contribution in [0.4, 0.5) is 5.69 Å². The first kappa shape index (κ1) is 29.9. The molecule has 0 aliphatic heterocycles. The number of thioether (sulfide) groups is 1. The van der Waals surface area contributed by atoms with Gasteiger partial charge in [-0.2, -0.15) is 0 Å². The molecule has 0 aliphatic carbocycles. The summed E-state index contributed by atoms with van der Waals surface area (Å²) in [4.78, 5) is 23.9. The van der Waals surface area contributed by atoms with Crippen molar-refractivity contribution in [3.05, 3.63) is 59.7 Å². The molecule has 5 nitrogen and oxygen atoms in total. The highest BCUT2D eigenvalue weighted by Crippen LogP contribution is 2.40. The van der Waals surface area contributed by atoms with Gasteiger partial charge >= 0.3 is 5.97 Å². The summed E-state index contributed by atoms with van der Waals surface area (Å²) in [6, 6.07) is 16.3. The van der Waals surface area contributed by atoms with Crippen LogP contribution >= 0.6 is 11.8 Å². The Bertz CT molecular complexity index is 915. The topological polar surface area (TPSA) is 75.6 Å². The number of aryl methyl sites for hydroxylation is 1. The van der Waals surface area contributed by atoms with E-state index in [0.717, 1.165) is 22.6 Å². The minimum atomic E-state index is -0.627. The molecule has 2 unspecified atom stereocenters. The predicted molar refractivity (Wildman–Crippen MR) is 149 cm³/mol. The average Bonchev–Trinajstić information content (AvgIpc) is 2.87. The molecule has 2 rings (SSSR count). The smallest absolute Gasteiger partial charge is 0.305 e. The first-order valence-electron chi connectivity index (χ1n) is 13.3. The van der Waals surface area contributed by atoms with Crippen LogP contribution in [0.5, 0.6) is 0 Å². The Hall–Kier alpha value is -2.31. The van der Waals surface area contributed by atoms with Gasteiger partial charge in [0.25, 0.3) is 0 Å². The van der Waals surface area contributed by atoms with E-state index in [1.165, 1.54) is 64.5 Å². The number of ether oxygens (including phenoxy) is 1. The standard InChI is InChI=1S/C30H43NO4S/c1-4-5-6-7-8-9-10-13-24-18-20-25(21-19-24)30(28(33)16-12-17-29(34)35-3)36-27-15-11-14-26(22-27)31-23(2)32/h11,14-15,18-22,28,30,33H,4-10,12-13,16-17H2,1-3H3,(H,31,32). The zero-order valence-electron chi connectivity index (χ0n) is 22.1. The number of esters is 1. The first-order chi connectivity index (χ1) is 17.4. The molecule has 2 aromatic carbocycles. The van der Waals surface area contributed by atoms with Crippen LogP contribution in [0.1, 0.15) is 94.4 Å². The highest BCUT2D eigenvalue weighted by Gasteiger charge is 2.23. The van der Waals surface area contributed by atoms with E-state index in [9.17, 15) is 14.7 Å². The summed E-state index contributed by atoms with van der Waals surface area (Å²) in [6.07, 6.45) is 10.9. The van der Waals surface area contributed by atoms with Gasteiger partial charge < -0.3 is 15.2 Å². The fourth-order valence-electron chi connectivity index (χ4n) is 4.23. The second-order valence-electron chi connectivity index (χ2n) is 9.40. The quantitative estimate of drug-likeness (QED) is 0.130. The Labute approximate surface area is 221 Å². The molecule has 0 fully saturated rings. The lowest BCUT2D eigenvalue weighted by atomic mass is 9.99. The molecule has 0 saturated heterocycles. The number of rotatable bonds is 17. The molecule has 36 heavy (non-hydrogen) atoms. The number of aliphatic hydroxyl groups is 1. The zero-order valence-corrected chi connectivity index (χ0v) is 22.9. The Morgan fingerprint density at radius 1 is 0.972 bits per heavy atom. The molecule has 0 radical (unpaired) electrons. The van der Waals surface area contributed by atoms with Gasteiger partial charge in [-0.1, -0.05) is 75.8 Å². The summed E-state index contributed by atoms with van der Waals surface area (Å²) in [5, 5.41) is 13.7.